The summed E-state index contributed by atoms with van der Waals surface area (Å²) in [5, 5.41) is 5.38. The summed E-state index contributed by atoms with van der Waals surface area (Å²) >= 11 is 1.41. The van der Waals surface area contributed by atoms with E-state index in [1.807, 2.05) is 18.2 Å². The second-order valence-corrected chi connectivity index (χ2v) is 5.32. The summed E-state index contributed by atoms with van der Waals surface area (Å²) in [6, 6.07) is 12.6. The van der Waals surface area contributed by atoms with E-state index in [1.165, 1.54) is 17.8 Å². The number of anilines is 2. The first-order valence-electron chi connectivity index (χ1n) is 6.54. The zero-order chi connectivity index (χ0) is 15.8. The van der Waals surface area contributed by atoms with Crippen molar-refractivity contribution in [1.82, 2.24) is 4.98 Å². The van der Waals surface area contributed by atoms with Gasteiger partial charge in [0.15, 0.2) is 0 Å². The molecule has 0 aliphatic carbocycles. The van der Waals surface area contributed by atoms with Crippen LogP contribution in [0, 0.1) is 0 Å². The van der Waals surface area contributed by atoms with Crippen molar-refractivity contribution in [2.24, 2.45) is 0 Å². The topological polar surface area (TPSA) is 71.1 Å². The van der Waals surface area contributed by atoms with E-state index in [-0.39, 0.29) is 17.6 Å². The standard InChI is InChI=1S/C16H15N3O2S/c1-2-15(20)18-12-6-8-13(9-7-12)22-11-16(21)19-14-5-3-4-10-17-14/h2-10H,1,11H2,(H,18,20)(H,17,19,21). The van der Waals surface area contributed by atoms with Crippen LogP contribution in [0.1, 0.15) is 0 Å². The molecule has 1 aromatic carbocycles. The number of aromatic nitrogens is 1. The molecule has 0 saturated heterocycles. The Hall–Kier alpha value is -2.60. The first-order valence-corrected chi connectivity index (χ1v) is 7.53. The van der Waals surface area contributed by atoms with E-state index >= 15 is 0 Å². The summed E-state index contributed by atoms with van der Waals surface area (Å²) < 4.78 is 0. The van der Waals surface area contributed by atoms with Gasteiger partial charge in [0.05, 0.1) is 5.75 Å². The lowest BCUT2D eigenvalue weighted by atomic mass is 10.3. The zero-order valence-corrected chi connectivity index (χ0v) is 12.6. The van der Waals surface area contributed by atoms with E-state index < -0.39 is 0 Å². The van der Waals surface area contributed by atoms with Crippen LogP contribution < -0.4 is 10.6 Å². The zero-order valence-electron chi connectivity index (χ0n) is 11.8. The Morgan fingerprint density at radius 3 is 2.55 bits per heavy atom. The third-order valence-electron chi connectivity index (χ3n) is 2.61. The molecule has 0 radical (unpaired) electrons. The van der Waals surface area contributed by atoms with Crippen LogP contribution in [0.2, 0.25) is 0 Å². The van der Waals surface area contributed by atoms with Crippen molar-refractivity contribution in [3.63, 3.8) is 0 Å². The second kappa shape index (κ2) is 7.99. The molecule has 5 nitrogen and oxygen atoms in total. The number of carbonyl (C=O) groups excluding carboxylic acids is 2. The monoisotopic (exact) mass is 313 g/mol. The molecule has 0 unspecified atom stereocenters. The highest BCUT2D eigenvalue weighted by atomic mass is 32.2. The van der Waals surface area contributed by atoms with Gasteiger partial charge in [-0.05, 0) is 42.5 Å². The molecular formula is C16H15N3O2S. The summed E-state index contributed by atoms with van der Waals surface area (Å²) in [5.74, 6) is 0.452. The van der Waals surface area contributed by atoms with Crippen LogP contribution in [0.25, 0.3) is 0 Å². The largest absolute Gasteiger partial charge is 0.323 e. The molecule has 0 aliphatic rings. The Kier molecular flexibility index (Phi) is 5.73. The van der Waals surface area contributed by atoms with Gasteiger partial charge in [0.25, 0.3) is 0 Å². The summed E-state index contributed by atoms with van der Waals surface area (Å²) in [6.45, 7) is 3.39. The third kappa shape index (κ3) is 5.06. The first kappa shape index (κ1) is 15.8. The molecule has 0 spiro atoms. The number of hydrogen-bond acceptors (Lipinski definition) is 4. The maximum Gasteiger partial charge on any atom is 0.247 e. The number of carbonyl (C=O) groups is 2. The van der Waals surface area contributed by atoms with Gasteiger partial charge in [-0.2, -0.15) is 0 Å². The molecule has 0 bridgehead atoms. The highest BCUT2D eigenvalue weighted by Gasteiger charge is 2.04. The van der Waals surface area contributed by atoms with Gasteiger partial charge in [0.1, 0.15) is 5.82 Å². The molecule has 0 saturated carbocycles. The van der Waals surface area contributed by atoms with Crippen molar-refractivity contribution >= 4 is 35.1 Å². The molecule has 6 heteroatoms. The lowest BCUT2D eigenvalue weighted by Crippen LogP contribution is -2.14. The normalized spacial score (nSPS) is 9.82. The molecular weight excluding hydrogens is 298 g/mol. The Bertz CT molecular complexity index is 657. The molecule has 1 heterocycles. The van der Waals surface area contributed by atoms with Crippen LogP contribution in [0.4, 0.5) is 11.5 Å². The van der Waals surface area contributed by atoms with Crippen LogP contribution in [-0.4, -0.2) is 22.6 Å². The number of amides is 2. The van der Waals surface area contributed by atoms with Gasteiger partial charge in [-0.15, -0.1) is 11.8 Å². The molecule has 1 aromatic heterocycles. The van der Waals surface area contributed by atoms with E-state index in [2.05, 4.69) is 22.2 Å². The number of benzene rings is 1. The quantitative estimate of drug-likeness (QED) is 0.635. The number of nitrogens with one attached hydrogen (secondary N) is 2. The highest BCUT2D eigenvalue weighted by molar-refractivity contribution is 8.00. The van der Waals surface area contributed by atoms with Gasteiger partial charge < -0.3 is 10.6 Å². The number of pyridine rings is 1. The lowest BCUT2D eigenvalue weighted by molar-refractivity contribution is -0.114. The summed E-state index contributed by atoms with van der Waals surface area (Å²) in [7, 11) is 0. The van der Waals surface area contributed by atoms with Crippen molar-refractivity contribution in [2.75, 3.05) is 16.4 Å². The fourth-order valence-corrected chi connectivity index (χ4v) is 2.29. The molecule has 2 rings (SSSR count). The van der Waals surface area contributed by atoms with Crippen LogP contribution in [0.15, 0.2) is 66.2 Å². The van der Waals surface area contributed by atoms with E-state index in [4.69, 9.17) is 0 Å². The Labute approximate surface area is 132 Å². The van der Waals surface area contributed by atoms with Crippen molar-refractivity contribution in [2.45, 2.75) is 4.90 Å². The highest BCUT2D eigenvalue weighted by Crippen LogP contribution is 2.20. The van der Waals surface area contributed by atoms with Crippen molar-refractivity contribution < 1.29 is 9.59 Å². The van der Waals surface area contributed by atoms with E-state index in [1.54, 1.807) is 30.5 Å². The number of hydrogen-bond donors (Lipinski definition) is 2. The lowest BCUT2D eigenvalue weighted by Gasteiger charge is -2.05. The van der Waals surface area contributed by atoms with E-state index in [0.29, 0.717) is 11.5 Å². The molecule has 112 valence electrons. The molecule has 2 N–H and O–H groups in total. The molecule has 2 amide bonds. The molecule has 22 heavy (non-hydrogen) atoms. The van der Waals surface area contributed by atoms with Gasteiger partial charge in [-0.25, -0.2) is 4.98 Å². The van der Waals surface area contributed by atoms with Crippen LogP contribution in [0.5, 0.6) is 0 Å². The van der Waals surface area contributed by atoms with Crippen molar-refractivity contribution in [1.29, 1.82) is 0 Å². The number of rotatable bonds is 6. The number of nitrogens with zero attached hydrogens (tertiary/aromatic N) is 1. The average molecular weight is 313 g/mol. The fraction of sp³-hybridized carbons (Fsp3) is 0.0625. The number of thioether (sulfide) groups is 1. The summed E-state index contributed by atoms with van der Waals surface area (Å²) in [6.07, 6.45) is 2.84. The van der Waals surface area contributed by atoms with Crippen molar-refractivity contribution in [3.8, 4) is 0 Å². The minimum atomic E-state index is -0.254. The van der Waals surface area contributed by atoms with Gasteiger partial charge in [0.2, 0.25) is 11.8 Å². The predicted octanol–water partition coefficient (Wildman–Crippen LogP) is 2.94. The minimum absolute atomic E-state index is 0.118. The van der Waals surface area contributed by atoms with Gasteiger partial charge >= 0.3 is 0 Å². The van der Waals surface area contributed by atoms with Gasteiger partial charge in [0, 0.05) is 16.8 Å². The van der Waals surface area contributed by atoms with Crippen LogP contribution >= 0.6 is 11.8 Å². The summed E-state index contributed by atoms with van der Waals surface area (Å²) in [4.78, 5) is 27.9. The molecule has 2 aromatic rings. The smallest absolute Gasteiger partial charge is 0.247 e. The predicted molar refractivity (Wildman–Crippen MR) is 88.9 cm³/mol. The average Bonchev–Trinajstić information content (AvgIpc) is 2.55. The Balaban J connectivity index is 1.82. The van der Waals surface area contributed by atoms with Crippen LogP contribution in [-0.2, 0) is 9.59 Å². The van der Waals surface area contributed by atoms with Crippen LogP contribution in [0.3, 0.4) is 0 Å². The minimum Gasteiger partial charge on any atom is -0.323 e. The summed E-state index contributed by atoms with van der Waals surface area (Å²) in [5.41, 5.74) is 0.687. The molecule has 0 aliphatic heterocycles. The van der Waals surface area contributed by atoms with E-state index in [9.17, 15) is 9.59 Å². The van der Waals surface area contributed by atoms with Gasteiger partial charge in [-0.3, -0.25) is 9.59 Å². The fourth-order valence-electron chi connectivity index (χ4n) is 1.59. The first-order chi connectivity index (χ1) is 10.7. The van der Waals surface area contributed by atoms with Gasteiger partial charge in [-0.1, -0.05) is 12.6 Å². The molecule has 0 fully saturated rings. The van der Waals surface area contributed by atoms with Crippen molar-refractivity contribution in [3.05, 3.63) is 61.3 Å². The second-order valence-electron chi connectivity index (χ2n) is 4.27. The Morgan fingerprint density at radius 1 is 1.14 bits per heavy atom. The SMILES string of the molecule is C=CC(=O)Nc1ccc(SCC(=O)Nc2ccccn2)cc1. The molecule has 0 atom stereocenters. The van der Waals surface area contributed by atoms with E-state index in [0.717, 1.165) is 4.90 Å². The third-order valence-corrected chi connectivity index (χ3v) is 3.62. The Morgan fingerprint density at radius 2 is 1.91 bits per heavy atom. The maximum atomic E-state index is 11.8. The maximum absolute atomic E-state index is 11.8.